The van der Waals surface area contributed by atoms with Crippen molar-refractivity contribution in [2.45, 2.75) is 13.1 Å². The maximum absolute atomic E-state index is 13.9. The average molecular weight is 264 g/mol. The molecule has 0 amide bonds. The second kappa shape index (κ2) is 5.57. The number of nitrogens with zero attached hydrogens (tertiary/aromatic N) is 3. The fraction of sp³-hybridized carbons (Fsp3) is 0.250. The largest absolute Gasteiger partial charge is 0.333 e. The number of halogens is 1. The third-order valence-corrected chi connectivity index (χ3v) is 2.65. The van der Waals surface area contributed by atoms with Gasteiger partial charge in [-0.2, -0.15) is 4.39 Å². The molecule has 1 N–H and O–H groups in total. The first-order valence-electron chi connectivity index (χ1n) is 5.69. The second-order valence-corrected chi connectivity index (χ2v) is 4.08. The summed E-state index contributed by atoms with van der Waals surface area (Å²) in [7, 11) is 1.80. The Morgan fingerprint density at radius 2 is 2.32 bits per heavy atom. The van der Waals surface area contributed by atoms with Crippen LogP contribution < -0.4 is 5.32 Å². The summed E-state index contributed by atoms with van der Waals surface area (Å²) >= 11 is 0. The highest BCUT2D eigenvalue weighted by Gasteiger charge is 2.17. The minimum atomic E-state index is -0.795. The number of nitro benzene ring substituents is 1. The molecule has 100 valence electrons. The summed E-state index contributed by atoms with van der Waals surface area (Å²) in [5, 5.41) is 13.6. The molecule has 2 rings (SSSR count). The second-order valence-electron chi connectivity index (χ2n) is 4.08. The molecule has 0 aliphatic carbocycles. The van der Waals surface area contributed by atoms with E-state index in [-0.39, 0.29) is 12.1 Å². The van der Waals surface area contributed by atoms with Crippen molar-refractivity contribution in [3.63, 3.8) is 0 Å². The summed E-state index contributed by atoms with van der Waals surface area (Å²) in [6.07, 6.45) is 3.35. The Bertz CT molecular complexity index is 597. The van der Waals surface area contributed by atoms with Crippen molar-refractivity contribution < 1.29 is 9.31 Å². The topological polar surface area (TPSA) is 73.0 Å². The standard InChI is InChI=1S/C12H13FN4O2/c1-14-5-10-7-16(8-15-10)6-9-3-2-4-11(12(9)13)17(18)19/h2-4,7-8,14H,5-6H2,1H3. The number of hydrogen-bond acceptors (Lipinski definition) is 4. The summed E-state index contributed by atoms with van der Waals surface area (Å²) in [5.41, 5.74) is 0.587. The Labute approximate surface area is 109 Å². The molecule has 1 heterocycles. The monoisotopic (exact) mass is 264 g/mol. The Balaban J connectivity index is 2.23. The molecule has 0 aliphatic rings. The highest BCUT2D eigenvalue weighted by molar-refractivity contribution is 5.36. The van der Waals surface area contributed by atoms with Crippen LogP contribution in [0.1, 0.15) is 11.3 Å². The Morgan fingerprint density at radius 3 is 3.00 bits per heavy atom. The summed E-state index contributed by atoms with van der Waals surface area (Å²) in [4.78, 5) is 14.1. The zero-order chi connectivity index (χ0) is 13.8. The van der Waals surface area contributed by atoms with E-state index in [1.807, 2.05) is 0 Å². The van der Waals surface area contributed by atoms with Crippen molar-refractivity contribution in [3.05, 3.63) is 57.9 Å². The van der Waals surface area contributed by atoms with E-state index >= 15 is 0 Å². The first kappa shape index (κ1) is 13.2. The van der Waals surface area contributed by atoms with E-state index in [2.05, 4.69) is 10.3 Å². The third kappa shape index (κ3) is 2.94. The van der Waals surface area contributed by atoms with Crippen LogP contribution in [0.5, 0.6) is 0 Å². The van der Waals surface area contributed by atoms with Gasteiger partial charge in [0.15, 0.2) is 0 Å². The van der Waals surface area contributed by atoms with E-state index in [0.717, 1.165) is 11.8 Å². The molecule has 0 aliphatic heterocycles. The van der Waals surface area contributed by atoms with Gasteiger partial charge in [0.25, 0.3) is 0 Å². The smallest absolute Gasteiger partial charge is 0.305 e. The summed E-state index contributed by atoms with van der Waals surface area (Å²) < 4.78 is 15.6. The van der Waals surface area contributed by atoms with Gasteiger partial charge in [-0.3, -0.25) is 10.1 Å². The van der Waals surface area contributed by atoms with Crippen molar-refractivity contribution in [3.8, 4) is 0 Å². The van der Waals surface area contributed by atoms with E-state index in [4.69, 9.17) is 0 Å². The molecule has 0 saturated heterocycles. The van der Waals surface area contributed by atoms with E-state index in [9.17, 15) is 14.5 Å². The van der Waals surface area contributed by atoms with Gasteiger partial charge in [-0.25, -0.2) is 4.98 Å². The molecule has 0 radical (unpaired) electrons. The first-order valence-corrected chi connectivity index (χ1v) is 5.69. The molecule has 7 heteroatoms. The van der Waals surface area contributed by atoms with Crippen LogP contribution in [0.3, 0.4) is 0 Å². The van der Waals surface area contributed by atoms with E-state index in [0.29, 0.717) is 6.54 Å². The number of hydrogen-bond donors (Lipinski definition) is 1. The van der Waals surface area contributed by atoms with Crippen LogP contribution in [0.4, 0.5) is 10.1 Å². The molecule has 0 atom stereocenters. The van der Waals surface area contributed by atoms with Gasteiger partial charge in [0, 0.05) is 24.4 Å². The van der Waals surface area contributed by atoms with Gasteiger partial charge in [0.05, 0.1) is 23.5 Å². The molecule has 2 aromatic rings. The Kier molecular flexibility index (Phi) is 3.86. The number of nitrogens with one attached hydrogen (secondary N) is 1. The van der Waals surface area contributed by atoms with Crippen molar-refractivity contribution in [2.75, 3.05) is 7.05 Å². The lowest BCUT2D eigenvalue weighted by molar-refractivity contribution is -0.387. The van der Waals surface area contributed by atoms with Crippen LogP contribution in [0.15, 0.2) is 30.7 Å². The number of benzene rings is 1. The van der Waals surface area contributed by atoms with Crippen LogP contribution in [-0.2, 0) is 13.1 Å². The fourth-order valence-electron chi connectivity index (χ4n) is 1.79. The molecule has 1 aromatic heterocycles. The quantitative estimate of drug-likeness (QED) is 0.659. The van der Waals surface area contributed by atoms with Crippen LogP contribution in [0, 0.1) is 15.9 Å². The van der Waals surface area contributed by atoms with Gasteiger partial charge in [0.1, 0.15) is 0 Å². The van der Waals surface area contributed by atoms with Crippen LogP contribution in [0.25, 0.3) is 0 Å². The molecule has 0 fully saturated rings. The SMILES string of the molecule is CNCc1cn(Cc2cccc([N+](=O)[O-])c2F)cn1. The summed E-state index contributed by atoms with van der Waals surface area (Å²) in [6, 6.07) is 4.15. The predicted molar refractivity (Wildman–Crippen MR) is 67.1 cm³/mol. The zero-order valence-electron chi connectivity index (χ0n) is 10.3. The minimum absolute atomic E-state index is 0.213. The molecule has 0 spiro atoms. The van der Waals surface area contributed by atoms with Crippen molar-refractivity contribution in [2.24, 2.45) is 0 Å². The molecular weight excluding hydrogens is 251 g/mol. The molecule has 0 unspecified atom stereocenters. The lowest BCUT2D eigenvalue weighted by Crippen LogP contribution is -2.05. The maximum atomic E-state index is 13.9. The Morgan fingerprint density at radius 1 is 1.53 bits per heavy atom. The fourth-order valence-corrected chi connectivity index (χ4v) is 1.79. The van der Waals surface area contributed by atoms with Gasteiger partial charge >= 0.3 is 5.69 Å². The van der Waals surface area contributed by atoms with Gasteiger partial charge in [-0.05, 0) is 7.05 Å². The normalized spacial score (nSPS) is 10.6. The summed E-state index contributed by atoms with van der Waals surface area (Å²) in [6.45, 7) is 0.828. The maximum Gasteiger partial charge on any atom is 0.305 e. The molecule has 0 bridgehead atoms. The molecule has 1 aromatic carbocycles. The number of aromatic nitrogens is 2. The van der Waals surface area contributed by atoms with E-state index in [1.165, 1.54) is 12.1 Å². The third-order valence-electron chi connectivity index (χ3n) is 2.65. The highest BCUT2D eigenvalue weighted by atomic mass is 19.1. The molecule has 0 saturated carbocycles. The van der Waals surface area contributed by atoms with Crippen molar-refractivity contribution in [1.29, 1.82) is 0 Å². The lowest BCUT2D eigenvalue weighted by atomic mass is 10.2. The van der Waals surface area contributed by atoms with E-state index < -0.39 is 16.4 Å². The van der Waals surface area contributed by atoms with E-state index in [1.54, 1.807) is 24.1 Å². The van der Waals surface area contributed by atoms with Crippen LogP contribution in [-0.4, -0.2) is 21.5 Å². The Hall–Kier alpha value is -2.28. The first-order chi connectivity index (χ1) is 9.11. The average Bonchev–Trinajstić information content (AvgIpc) is 2.79. The summed E-state index contributed by atoms with van der Waals surface area (Å²) in [5.74, 6) is -0.795. The zero-order valence-corrected chi connectivity index (χ0v) is 10.3. The highest BCUT2D eigenvalue weighted by Crippen LogP contribution is 2.20. The van der Waals surface area contributed by atoms with Crippen molar-refractivity contribution >= 4 is 5.69 Å². The van der Waals surface area contributed by atoms with Crippen molar-refractivity contribution in [1.82, 2.24) is 14.9 Å². The molecule has 6 nitrogen and oxygen atoms in total. The minimum Gasteiger partial charge on any atom is -0.333 e. The van der Waals surface area contributed by atoms with Crippen LogP contribution >= 0.6 is 0 Å². The lowest BCUT2D eigenvalue weighted by Gasteiger charge is -2.04. The van der Waals surface area contributed by atoms with Gasteiger partial charge in [0.2, 0.25) is 5.82 Å². The van der Waals surface area contributed by atoms with Gasteiger partial charge in [-0.15, -0.1) is 0 Å². The van der Waals surface area contributed by atoms with Gasteiger partial charge < -0.3 is 9.88 Å². The number of rotatable bonds is 5. The van der Waals surface area contributed by atoms with Crippen LogP contribution in [0.2, 0.25) is 0 Å². The number of nitro groups is 1. The number of imidazole rings is 1. The molecular formula is C12H13FN4O2. The van der Waals surface area contributed by atoms with Gasteiger partial charge in [-0.1, -0.05) is 12.1 Å². The predicted octanol–water partition coefficient (Wildman–Crippen LogP) is 1.70. The molecule has 19 heavy (non-hydrogen) atoms.